The van der Waals surface area contributed by atoms with Gasteiger partial charge in [-0.05, 0) is 36.5 Å². The lowest BCUT2D eigenvalue weighted by atomic mass is 9.98. The Morgan fingerprint density at radius 1 is 1.19 bits per heavy atom. The van der Waals surface area contributed by atoms with E-state index in [1.54, 1.807) is 12.1 Å². The number of imidazole rings is 1. The highest BCUT2D eigenvalue weighted by Gasteiger charge is 2.33. The molecule has 1 N–H and O–H groups in total. The highest BCUT2D eigenvalue weighted by Crippen LogP contribution is 2.33. The van der Waals surface area contributed by atoms with Crippen LogP contribution in [0.4, 0.5) is 13.2 Å². The summed E-state index contributed by atoms with van der Waals surface area (Å²) in [4.78, 5) is 6.42. The Kier molecular flexibility index (Phi) is 4.96. The van der Waals surface area contributed by atoms with Crippen molar-refractivity contribution in [1.82, 2.24) is 9.97 Å². The van der Waals surface area contributed by atoms with Crippen molar-refractivity contribution in [3.05, 3.63) is 53.6 Å². The molecule has 3 rings (SSSR count). The number of hydrogen-bond donors (Lipinski definition) is 1. The van der Waals surface area contributed by atoms with Crippen molar-refractivity contribution >= 4 is 15.4 Å². The molecule has 0 saturated heterocycles. The van der Waals surface area contributed by atoms with Crippen molar-refractivity contribution in [2.45, 2.75) is 36.8 Å². The van der Waals surface area contributed by atoms with Gasteiger partial charge in [0, 0.05) is 11.8 Å². The van der Waals surface area contributed by atoms with Crippen LogP contribution >= 0.6 is 0 Å². The summed E-state index contributed by atoms with van der Waals surface area (Å²) < 4.78 is 61.9. The van der Waals surface area contributed by atoms with Gasteiger partial charge in [-0.15, -0.1) is 0 Å². The third kappa shape index (κ3) is 4.17. The van der Waals surface area contributed by atoms with Crippen LogP contribution in [-0.4, -0.2) is 24.6 Å². The molecule has 0 bridgehead atoms. The Hall–Kier alpha value is -2.09. The van der Waals surface area contributed by atoms with Crippen molar-refractivity contribution in [3.63, 3.8) is 0 Å². The van der Waals surface area contributed by atoms with Gasteiger partial charge in [-0.1, -0.05) is 31.1 Å². The average molecular weight is 384 g/mol. The maximum absolute atomic E-state index is 12.9. The van der Waals surface area contributed by atoms with Crippen molar-refractivity contribution in [3.8, 4) is 0 Å². The third-order valence-corrected chi connectivity index (χ3v) is 5.66. The van der Waals surface area contributed by atoms with Crippen LogP contribution in [0.5, 0.6) is 0 Å². The van der Waals surface area contributed by atoms with Gasteiger partial charge in [0.15, 0.2) is 9.84 Å². The summed E-state index contributed by atoms with van der Waals surface area (Å²) in [6.45, 7) is 0. The molecule has 8 heteroatoms. The summed E-state index contributed by atoms with van der Waals surface area (Å²) in [7, 11) is -3.34. The molecule has 2 aromatic rings. The summed E-state index contributed by atoms with van der Waals surface area (Å²) >= 11 is 0. The molecule has 1 heterocycles. The molecule has 4 nitrogen and oxygen atoms in total. The van der Waals surface area contributed by atoms with Crippen molar-refractivity contribution in [1.29, 1.82) is 0 Å². The highest BCUT2D eigenvalue weighted by molar-refractivity contribution is 7.90. The largest absolute Gasteiger partial charge is 0.432 e. The average Bonchev–Trinajstić information content (AvgIpc) is 3.23. The molecular weight excluding hydrogens is 365 g/mol. The molecule has 0 amide bonds. The van der Waals surface area contributed by atoms with Gasteiger partial charge >= 0.3 is 6.18 Å². The molecular formula is C18H19F3N2O2S. The molecule has 140 valence electrons. The zero-order valence-corrected chi connectivity index (χ0v) is 15.0. The molecule has 0 unspecified atom stereocenters. The summed E-state index contributed by atoms with van der Waals surface area (Å²) in [6, 6.07) is 6.13. The molecule has 0 spiro atoms. The van der Waals surface area contributed by atoms with Gasteiger partial charge in [-0.25, -0.2) is 13.4 Å². The fourth-order valence-corrected chi connectivity index (χ4v) is 3.79. The van der Waals surface area contributed by atoms with E-state index in [1.165, 1.54) is 12.1 Å². The topological polar surface area (TPSA) is 62.8 Å². The van der Waals surface area contributed by atoms with Crippen LogP contribution in [0.15, 0.2) is 41.4 Å². The van der Waals surface area contributed by atoms with Crippen LogP contribution in [0, 0.1) is 5.92 Å². The van der Waals surface area contributed by atoms with Crippen LogP contribution in [0.3, 0.4) is 0 Å². The van der Waals surface area contributed by atoms with Gasteiger partial charge in [0.2, 0.25) is 0 Å². The molecule has 0 aliphatic heterocycles. The van der Waals surface area contributed by atoms with Gasteiger partial charge in [0.1, 0.15) is 11.5 Å². The molecule has 1 aromatic carbocycles. The number of halogens is 3. The monoisotopic (exact) mass is 384 g/mol. The van der Waals surface area contributed by atoms with Crippen LogP contribution in [-0.2, 0) is 16.0 Å². The number of allylic oxidation sites excluding steroid dienone is 1. The number of nitrogens with one attached hydrogen (secondary N) is 1. The first-order valence-corrected chi connectivity index (χ1v) is 10.2. The van der Waals surface area contributed by atoms with E-state index in [0.29, 0.717) is 11.1 Å². The second-order valence-electron chi connectivity index (χ2n) is 6.56. The van der Waals surface area contributed by atoms with Crippen molar-refractivity contribution < 1.29 is 21.6 Å². The minimum Gasteiger partial charge on any atom is -0.334 e. The van der Waals surface area contributed by atoms with Crippen LogP contribution < -0.4 is 0 Å². The zero-order chi connectivity index (χ0) is 18.9. The molecule has 0 atom stereocenters. The summed E-state index contributed by atoms with van der Waals surface area (Å²) in [5, 5.41) is 0. The van der Waals surface area contributed by atoms with Gasteiger partial charge in [-0.2, -0.15) is 13.2 Å². The van der Waals surface area contributed by atoms with E-state index in [1.807, 2.05) is 6.08 Å². The number of aromatic amines is 1. The van der Waals surface area contributed by atoms with Gasteiger partial charge in [-0.3, -0.25) is 0 Å². The lowest BCUT2D eigenvalue weighted by Crippen LogP contribution is -2.05. The maximum atomic E-state index is 12.9. The maximum Gasteiger partial charge on any atom is 0.432 e. The number of alkyl halides is 3. The Balaban J connectivity index is 2.02. The lowest BCUT2D eigenvalue weighted by Gasteiger charge is -2.10. The Labute approximate surface area is 150 Å². The fraction of sp³-hybridized carbons (Fsp3) is 0.389. The normalized spacial score (nSPS) is 17.0. The summed E-state index contributed by atoms with van der Waals surface area (Å²) in [5.41, 5.74) is 0.289. The first-order chi connectivity index (χ1) is 12.1. The molecule has 1 aromatic heterocycles. The van der Waals surface area contributed by atoms with E-state index in [2.05, 4.69) is 9.97 Å². The Morgan fingerprint density at radius 3 is 2.31 bits per heavy atom. The standard InChI is InChI=1S/C18H19F3N2O2S/c1-26(24,25)14-8-6-13(7-9-14)15(10-12-4-2-3-5-12)17-22-11-16(23-17)18(19,20)21/h6-12H,2-5H2,1H3,(H,22,23)/b15-10-. The van der Waals surface area contributed by atoms with E-state index < -0.39 is 21.7 Å². The van der Waals surface area contributed by atoms with Gasteiger partial charge in [0.25, 0.3) is 0 Å². The quantitative estimate of drug-likeness (QED) is 0.847. The second-order valence-corrected chi connectivity index (χ2v) is 8.58. The minimum absolute atomic E-state index is 0.135. The number of nitrogens with zero attached hydrogens (tertiary/aromatic N) is 1. The minimum atomic E-state index is -4.50. The first-order valence-electron chi connectivity index (χ1n) is 8.29. The predicted molar refractivity (Wildman–Crippen MR) is 92.2 cm³/mol. The lowest BCUT2D eigenvalue weighted by molar-refractivity contribution is -0.140. The zero-order valence-electron chi connectivity index (χ0n) is 14.2. The third-order valence-electron chi connectivity index (χ3n) is 4.53. The van der Waals surface area contributed by atoms with Crippen molar-refractivity contribution in [2.24, 2.45) is 5.92 Å². The van der Waals surface area contributed by atoms with Gasteiger partial charge < -0.3 is 4.98 Å². The molecule has 1 fully saturated rings. The number of rotatable bonds is 4. The SMILES string of the molecule is CS(=O)(=O)c1ccc(/C(=C/C2CCCC2)c2ncc(C(F)(F)F)[nH]2)cc1. The van der Waals surface area contributed by atoms with E-state index in [4.69, 9.17) is 0 Å². The first kappa shape index (κ1) is 18.7. The van der Waals surface area contributed by atoms with E-state index in [0.717, 1.165) is 38.1 Å². The van der Waals surface area contributed by atoms with E-state index >= 15 is 0 Å². The number of benzene rings is 1. The van der Waals surface area contributed by atoms with Crippen molar-refractivity contribution in [2.75, 3.05) is 6.26 Å². The Bertz CT molecular complexity index is 907. The number of H-pyrrole nitrogens is 1. The summed E-state index contributed by atoms with van der Waals surface area (Å²) in [5.74, 6) is 0.412. The fourth-order valence-electron chi connectivity index (χ4n) is 3.16. The molecule has 1 aliphatic rings. The van der Waals surface area contributed by atoms with Gasteiger partial charge in [0.05, 0.1) is 11.1 Å². The predicted octanol–water partition coefficient (Wildman–Crippen LogP) is 4.45. The molecule has 1 saturated carbocycles. The highest BCUT2D eigenvalue weighted by atomic mass is 32.2. The number of aromatic nitrogens is 2. The molecule has 0 radical (unpaired) electrons. The van der Waals surface area contributed by atoms with Crippen LogP contribution in [0.25, 0.3) is 5.57 Å². The molecule has 1 aliphatic carbocycles. The van der Waals surface area contributed by atoms with Crippen LogP contribution in [0.1, 0.15) is 42.8 Å². The Morgan fingerprint density at radius 2 is 1.81 bits per heavy atom. The van der Waals surface area contributed by atoms with E-state index in [9.17, 15) is 21.6 Å². The number of sulfone groups is 1. The van der Waals surface area contributed by atoms with Crippen LogP contribution in [0.2, 0.25) is 0 Å². The smallest absolute Gasteiger partial charge is 0.334 e. The van der Waals surface area contributed by atoms with E-state index in [-0.39, 0.29) is 16.6 Å². The number of hydrogen-bond acceptors (Lipinski definition) is 3. The molecule has 26 heavy (non-hydrogen) atoms. The summed E-state index contributed by atoms with van der Waals surface area (Å²) in [6.07, 6.45) is 3.49. The second kappa shape index (κ2) is 6.90.